The predicted molar refractivity (Wildman–Crippen MR) is 70.4 cm³/mol. The third kappa shape index (κ3) is 5.82. The smallest absolute Gasteiger partial charge is 0.0702 e. The average Bonchev–Trinajstić information content (AvgIpc) is 2.76. The lowest BCUT2D eigenvalue weighted by molar-refractivity contribution is 0.0454. The molecule has 1 aliphatic rings. The summed E-state index contributed by atoms with van der Waals surface area (Å²) in [4.78, 5) is 2.36. The Kier molecular flexibility index (Phi) is 7.04. The van der Waals surface area contributed by atoms with Crippen LogP contribution in [0.4, 0.5) is 0 Å². The van der Waals surface area contributed by atoms with E-state index in [-0.39, 0.29) is 0 Å². The van der Waals surface area contributed by atoms with Crippen molar-refractivity contribution in [3.63, 3.8) is 0 Å². The zero-order valence-electron chi connectivity index (χ0n) is 11.7. The molecule has 2 atom stereocenters. The lowest BCUT2D eigenvalue weighted by Crippen LogP contribution is -2.47. The van der Waals surface area contributed by atoms with Crippen LogP contribution in [-0.2, 0) is 9.47 Å². The van der Waals surface area contributed by atoms with E-state index in [2.05, 4.69) is 31.1 Å². The molecule has 0 radical (unpaired) electrons. The van der Waals surface area contributed by atoms with Crippen LogP contribution in [0, 0.1) is 0 Å². The Morgan fingerprint density at radius 2 is 2.24 bits per heavy atom. The molecule has 1 fully saturated rings. The minimum Gasteiger partial charge on any atom is -0.383 e. The average molecular weight is 244 g/mol. The first-order valence-electron chi connectivity index (χ1n) is 6.67. The first-order valence-corrected chi connectivity index (χ1v) is 6.67. The highest BCUT2D eigenvalue weighted by molar-refractivity contribution is 4.76. The lowest BCUT2D eigenvalue weighted by atomic mass is 10.2. The lowest BCUT2D eigenvalue weighted by Gasteiger charge is -2.30. The Balaban J connectivity index is 2.32. The number of ether oxygens (including phenoxy) is 2. The van der Waals surface area contributed by atoms with E-state index < -0.39 is 0 Å². The summed E-state index contributed by atoms with van der Waals surface area (Å²) in [7, 11) is 3.93. The predicted octanol–water partition coefficient (Wildman–Crippen LogP) is 1.11. The summed E-state index contributed by atoms with van der Waals surface area (Å²) in [6.45, 7) is 8.01. The molecule has 102 valence electrons. The van der Waals surface area contributed by atoms with Crippen molar-refractivity contribution in [1.29, 1.82) is 0 Å². The van der Waals surface area contributed by atoms with Crippen LogP contribution in [-0.4, -0.2) is 63.5 Å². The second-order valence-corrected chi connectivity index (χ2v) is 5.25. The van der Waals surface area contributed by atoms with Crippen molar-refractivity contribution in [2.24, 2.45) is 0 Å². The molecule has 0 aromatic carbocycles. The summed E-state index contributed by atoms with van der Waals surface area (Å²) >= 11 is 0. The van der Waals surface area contributed by atoms with Gasteiger partial charge in [0.05, 0.1) is 12.7 Å². The highest BCUT2D eigenvalue weighted by Gasteiger charge is 2.22. The minimum absolute atomic E-state index is 0.415. The molecule has 0 saturated carbocycles. The number of nitrogens with one attached hydrogen (secondary N) is 1. The first kappa shape index (κ1) is 14.9. The van der Waals surface area contributed by atoms with Gasteiger partial charge >= 0.3 is 0 Å². The number of hydrogen-bond acceptors (Lipinski definition) is 4. The summed E-state index contributed by atoms with van der Waals surface area (Å²) in [6, 6.07) is 0.942. The molecule has 2 unspecified atom stereocenters. The third-order valence-electron chi connectivity index (χ3n) is 3.26. The quantitative estimate of drug-likeness (QED) is 0.693. The van der Waals surface area contributed by atoms with Gasteiger partial charge in [0, 0.05) is 38.9 Å². The summed E-state index contributed by atoms with van der Waals surface area (Å²) in [5.74, 6) is 0. The molecule has 4 heteroatoms. The van der Waals surface area contributed by atoms with Crippen molar-refractivity contribution < 1.29 is 9.47 Å². The molecule has 0 spiro atoms. The molecule has 0 aromatic rings. The normalized spacial score (nSPS) is 22.6. The summed E-state index contributed by atoms with van der Waals surface area (Å²) in [6.07, 6.45) is 2.82. The van der Waals surface area contributed by atoms with Gasteiger partial charge in [0.25, 0.3) is 0 Å². The van der Waals surface area contributed by atoms with Gasteiger partial charge in [-0.2, -0.15) is 0 Å². The van der Waals surface area contributed by atoms with Crippen molar-refractivity contribution in [3.05, 3.63) is 0 Å². The maximum atomic E-state index is 5.67. The van der Waals surface area contributed by atoms with Crippen molar-refractivity contribution in [2.45, 2.75) is 44.9 Å². The molecule has 4 nitrogen and oxygen atoms in total. The zero-order chi connectivity index (χ0) is 12.7. The Hall–Kier alpha value is -0.160. The molecular weight excluding hydrogens is 216 g/mol. The molecule has 0 aliphatic carbocycles. The van der Waals surface area contributed by atoms with Crippen LogP contribution >= 0.6 is 0 Å². The van der Waals surface area contributed by atoms with E-state index in [1.165, 1.54) is 12.8 Å². The number of methoxy groups -OCH3 is 1. The summed E-state index contributed by atoms with van der Waals surface area (Å²) in [5.41, 5.74) is 0. The SMILES string of the molecule is COCC(CNC(C)C)N(C)CC1CCCO1. The Bertz CT molecular complexity index is 194. The van der Waals surface area contributed by atoms with Gasteiger partial charge in [-0.05, 0) is 19.9 Å². The van der Waals surface area contributed by atoms with Crippen LogP contribution < -0.4 is 5.32 Å². The standard InChI is InChI=1S/C13H28N2O2/c1-11(2)14-8-12(10-16-4)15(3)9-13-6-5-7-17-13/h11-14H,5-10H2,1-4H3. The van der Waals surface area contributed by atoms with Gasteiger partial charge in [0.2, 0.25) is 0 Å². The minimum atomic E-state index is 0.415. The maximum Gasteiger partial charge on any atom is 0.0702 e. The van der Waals surface area contributed by atoms with Crippen molar-refractivity contribution in [1.82, 2.24) is 10.2 Å². The molecule has 1 saturated heterocycles. The maximum absolute atomic E-state index is 5.67. The largest absolute Gasteiger partial charge is 0.383 e. The van der Waals surface area contributed by atoms with Crippen molar-refractivity contribution in [2.75, 3.05) is 40.5 Å². The molecule has 17 heavy (non-hydrogen) atoms. The number of nitrogens with zero attached hydrogens (tertiary/aromatic N) is 1. The van der Waals surface area contributed by atoms with Crippen LogP contribution in [0.5, 0.6) is 0 Å². The van der Waals surface area contributed by atoms with Crippen molar-refractivity contribution >= 4 is 0 Å². The Morgan fingerprint density at radius 3 is 2.76 bits per heavy atom. The Morgan fingerprint density at radius 1 is 1.47 bits per heavy atom. The van der Waals surface area contributed by atoms with E-state index >= 15 is 0 Å². The molecule has 0 amide bonds. The van der Waals surface area contributed by atoms with E-state index in [9.17, 15) is 0 Å². The highest BCUT2D eigenvalue weighted by Crippen LogP contribution is 2.13. The van der Waals surface area contributed by atoms with Gasteiger partial charge in [-0.25, -0.2) is 0 Å². The van der Waals surface area contributed by atoms with Gasteiger partial charge in [0.15, 0.2) is 0 Å². The van der Waals surface area contributed by atoms with Gasteiger partial charge in [-0.1, -0.05) is 13.8 Å². The van der Waals surface area contributed by atoms with Crippen LogP contribution in [0.1, 0.15) is 26.7 Å². The van der Waals surface area contributed by atoms with E-state index in [4.69, 9.17) is 9.47 Å². The molecule has 0 aromatic heterocycles. The molecule has 1 aliphatic heterocycles. The monoisotopic (exact) mass is 244 g/mol. The molecule has 0 bridgehead atoms. The van der Waals surface area contributed by atoms with E-state index in [0.717, 1.165) is 26.3 Å². The number of hydrogen-bond donors (Lipinski definition) is 1. The van der Waals surface area contributed by atoms with Gasteiger partial charge in [-0.3, -0.25) is 4.90 Å². The molecule has 1 N–H and O–H groups in total. The van der Waals surface area contributed by atoms with Gasteiger partial charge < -0.3 is 14.8 Å². The van der Waals surface area contributed by atoms with Crippen LogP contribution in [0.2, 0.25) is 0 Å². The first-order chi connectivity index (χ1) is 8.13. The van der Waals surface area contributed by atoms with E-state index in [1.807, 2.05) is 0 Å². The topological polar surface area (TPSA) is 33.7 Å². The number of rotatable bonds is 8. The fourth-order valence-corrected chi connectivity index (χ4v) is 2.16. The summed E-state index contributed by atoms with van der Waals surface area (Å²) < 4.78 is 11.0. The van der Waals surface area contributed by atoms with Crippen LogP contribution in [0.3, 0.4) is 0 Å². The fraction of sp³-hybridized carbons (Fsp3) is 1.00. The zero-order valence-corrected chi connectivity index (χ0v) is 11.7. The summed E-state index contributed by atoms with van der Waals surface area (Å²) in [5, 5.41) is 3.47. The van der Waals surface area contributed by atoms with E-state index in [0.29, 0.717) is 18.2 Å². The molecule has 1 heterocycles. The van der Waals surface area contributed by atoms with Crippen LogP contribution in [0.25, 0.3) is 0 Å². The highest BCUT2D eigenvalue weighted by atomic mass is 16.5. The third-order valence-corrected chi connectivity index (χ3v) is 3.26. The van der Waals surface area contributed by atoms with Gasteiger partial charge in [-0.15, -0.1) is 0 Å². The second-order valence-electron chi connectivity index (χ2n) is 5.25. The fourth-order valence-electron chi connectivity index (χ4n) is 2.16. The van der Waals surface area contributed by atoms with Crippen LogP contribution in [0.15, 0.2) is 0 Å². The Labute approximate surface area is 106 Å². The second kappa shape index (κ2) is 8.03. The number of likely N-dealkylation sites (N-methyl/N-ethyl adjacent to an activating group) is 1. The van der Waals surface area contributed by atoms with Crippen molar-refractivity contribution in [3.8, 4) is 0 Å². The van der Waals surface area contributed by atoms with E-state index in [1.54, 1.807) is 7.11 Å². The molecule has 1 rings (SSSR count). The van der Waals surface area contributed by atoms with Gasteiger partial charge in [0.1, 0.15) is 0 Å². The molecular formula is C13H28N2O2.